The van der Waals surface area contributed by atoms with E-state index in [9.17, 15) is 14.0 Å². The number of fused-ring (bicyclic) bond motifs is 1. The molecule has 4 aromatic rings. The van der Waals surface area contributed by atoms with E-state index in [4.69, 9.17) is 0 Å². The van der Waals surface area contributed by atoms with E-state index in [1.54, 1.807) is 26.2 Å². The molecule has 0 fully saturated rings. The third-order valence-corrected chi connectivity index (χ3v) is 5.36. The summed E-state index contributed by atoms with van der Waals surface area (Å²) < 4.78 is 16.4. The highest BCUT2D eigenvalue weighted by Gasteiger charge is 2.12. The van der Waals surface area contributed by atoms with Crippen LogP contribution in [0.15, 0.2) is 41.7 Å². The van der Waals surface area contributed by atoms with Gasteiger partial charge in [-0.1, -0.05) is 12.1 Å². The molecule has 0 saturated heterocycles. The Labute approximate surface area is 168 Å². The zero-order valence-electron chi connectivity index (χ0n) is 15.7. The summed E-state index contributed by atoms with van der Waals surface area (Å²) in [6.45, 7) is 1.53. The highest BCUT2D eigenvalue weighted by molar-refractivity contribution is 7.15. The van der Waals surface area contributed by atoms with Crippen LogP contribution < -0.4 is 10.9 Å². The number of aromatic nitrogens is 5. The van der Waals surface area contributed by atoms with Crippen LogP contribution in [0.2, 0.25) is 0 Å². The van der Waals surface area contributed by atoms with Gasteiger partial charge in [0.15, 0.2) is 10.8 Å². The fraction of sp³-hybridized carbons (Fsp3) is 0.211. The van der Waals surface area contributed by atoms with Gasteiger partial charge in [-0.3, -0.25) is 18.8 Å². The van der Waals surface area contributed by atoms with Crippen LogP contribution in [-0.2, 0) is 24.8 Å². The van der Waals surface area contributed by atoms with Gasteiger partial charge in [0.1, 0.15) is 24.1 Å². The summed E-state index contributed by atoms with van der Waals surface area (Å²) in [5.74, 6) is -0.635. The molecule has 0 atom stereocenters. The number of amides is 1. The molecule has 4 rings (SSSR count). The van der Waals surface area contributed by atoms with E-state index in [0.29, 0.717) is 28.1 Å². The van der Waals surface area contributed by atoms with Gasteiger partial charge in [0.05, 0.1) is 6.20 Å². The minimum absolute atomic E-state index is 0.186. The van der Waals surface area contributed by atoms with Crippen molar-refractivity contribution < 1.29 is 9.18 Å². The lowest BCUT2D eigenvalue weighted by Crippen LogP contribution is -2.27. The number of halogens is 1. The Balaban J connectivity index is 1.43. The third-order valence-electron chi connectivity index (χ3n) is 4.45. The topological polar surface area (TPSA) is 94.7 Å². The van der Waals surface area contributed by atoms with Crippen LogP contribution in [0.5, 0.6) is 0 Å². The maximum Gasteiger partial charge on any atom is 0.264 e. The summed E-state index contributed by atoms with van der Waals surface area (Å²) in [4.78, 5) is 34.0. The van der Waals surface area contributed by atoms with Crippen LogP contribution in [0.25, 0.3) is 11.0 Å². The van der Waals surface area contributed by atoms with Crippen molar-refractivity contribution in [1.29, 1.82) is 0 Å². The summed E-state index contributed by atoms with van der Waals surface area (Å²) >= 11 is 1.30. The number of benzene rings is 1. The second-order valence-electron chi connectivity index (χ2n) is 6.62. The Morgan fingerprint density at radius 3 is 2.90 bits per heavy atom. The third kappa shape index (κ3) is 3.92. The number of nitrogens with zero attached hydrogens (tertiary/aromatic N) is 5. The maximum atomic E-state index is 13.7. The molecule has 0 saturated carbocycles. The second-order valence-corrected chi connectivity index (χ2v) is 7.74. The molecule has 0 aliphatic rings. The minimum Gasteiger partial charge on any atom is -0.300 e. The van der Waals surface area contributed by atoms with E-state index in [0.717, 1.165) is 10.4 Å². The van der Waals surface area contributed by atoms with Gasteiger partial charge in [-0.25, -0.2) is 14.4 Å². The van der Waals surface area contributed by atoms with Crippen molar-refractivity contribution in [1.82, 2.24) is 24.3 Å². The molecule has 1 aromatic carbocycles. The zero-order chi connectivity index (χ0) is 20.5. The number of hydrogen-bond acceptors (Lipinski definition) is 6. The lowest BCUT2D eigenvalue weighted by molar-refractivity contribution is -0.116. The second kappa shape index (κ2) is 7.55. The van der Waals surface area contributed by atoms with Crippen LogP contribution in [0, 0.1) is 12.7 Å². The fourth-order valence-corrected chi connectivity index (χ4v) is 3.75. The molecule has 1 amide bonds. The number of aryl methyl sites for hydroxylation is 2. The number of thiazole rings is 1. The van der Waals surface area contributed by atoms with E-state index in [2.05, 4.69) is 20.4 Å². The van der Waals surface area contributed by atoms with Gasteiger partial charge < -0.3 is 5.32 Å². The number of anilines is 1. The van der Waals surface area contributed by atoms with Crippen LogP contribution in [-0.4, -0.2) is 30.2 Å². The normalized spacial score (nSPS) is 11.1. The largest absolute Gasteiger partial charge is 0.300 e. The van der Waals surface area contributed by atoms with Gasteiger partial charge in [-0.2, -0.15) is 5.10 Å². The molecule has 1 N–H and O–H groups in total. The Hall–Kier alpha value is -3.40. The monoisotopic (exact) mass is 412 g/mol. The molecule has 29 heavy (non-hydrogen) atoms. The molecule has 3 aromatic heterocycles. The van der Waals surface area contributed by atoms with Gasteiger partial charge in [-0.15, -0.1) is 11.3 Å². The van der Waals surface area contributed by atoms with E-state index < -0.39 is 0 Å². The van der Waals surface area contributed by atoms with Crippen LogP contribution >= 0.6 is 11.3 Å². The van der Waals surface area contributed by atoms with Crippen molar-refractivity contribution in [3.63, 3.8) is 0 Å². The Bertz CT molecular complexity index is 1280. The molecule has 3 heterocycles. The van der Waals surface area contributed by atoms with E-state index in [1.165, 1.54) is 39.2 Å². The summed E-state index contributed by atoms with van der Waals surface area (Å²) in [6.07, 6.45) is 4.92. The Kier molecular flexibility index (Phi) is 4.93. The molecule has 148 valence electrons. The molecule has 0 spiro atoms. The van der Waals surface area contributed by atoms with E-state index in [1.807, 2.05) is 6.07 Å². The fourth-order valence-electron chi connectivity index (χ4n) is 2.89. The lowest BCUT2D eigenvalue weighted by Gasteiger charge is -2.05. The highest BCUT2D eigenvalue weighted by atomic mass is 32.1. The molecule has 0 aliphatic heterocycles. The molecular formula is C19H17FN6O2S. The molecule has 8 nitrogen and oxygen atoms in total. The molecule has 0 unspecified atom stereocenters. The average molecular weight is 412 g/mol. The first kappa shape index (κ1) is 18.9. The molecule has 0 bridgehead atoms. The molecule has 0 aliphatic carbocycles. The maximum absolute atomic E-state index is 13.7. The SMILES string of the molecule is Cc1ccc(Cc2cnc(NC(=O)Cn3cnc4c(cnn4C)c3=O)s2)cc1F. The summed E-state index contributed by atoms with van der Waals surface area (Å²) in [7, 11) is 1.69. The predicted octanol–water partition coefficient (Wildman–Crippen LogP) is 2.26. The standard InChI is InChI=1S/C19H17FN6O2S/c1-11-3-4-12(6-15(11)20)5-13-7-21-19(29-13)24-16(27)9-26-10-22-17-14(18(26)28)8-23-25(17)2/h3-4,6-8,10H,5,9H2,1-2H3,(H,21,24,27). The lowest BCUT2D eigenvalue weighted by atomic mass is 10.1. The van der Waals surface area contributed by atoms with Crippen molar-refractivity contribution >= 4 is 33.4 Å². The predicted molar refractivity (Wildman–Crippen MR) is 107 cm³/mol. The summed E-state index contributed by atoms with van der Waals surface area (Å²) in [6, 6.07) is 5.10. The van der Waals surface area contributed by atoms with Gasteiger partial charge in [0.2, 0.25) is 5.91 Å². The van der Waals surface area contributed by atoms with Crippen molar-refractivity contribution in [2.45, 2.75) is 19.9 Å². The van der Waals surface area contributed by atoms with Crippen LogP contribution in [0.1, 0.15) is 16.0 Å². The first-order chi connectivity index (χ1) is 13.9. The highest BCUT2D eigenvalue weighted by Crippen LogP contribution is 2.22. The smallest absolute Gasteiger partial charge is 0.264 e. The van der Waals surface area contributed by atoms with E-state index in [-0.39, 0.29) is 23.8 Å². The van der Waals surface area contributed by atoms with Crippen LogP contribution in [0.3, 0.4) is 0 Å². The number of hydrogen-bond donors (Lipinski definition) is 1. The summed E-state index contributed by atoms with van der Waals surface area (Å²) in [5.41, 5.74) is 1.56. The van der Waals surface area contributed by atoms with Gasteiger partial charge >= 0.3 is 0 Å². The molecule has 10 heteroatoms. The Morgan fingerprint density at radius 1 is 1.28 bits per heavy atom. The molecular weight excluding hydrogens is 395 g/mol. The quantitative estimate of drug-likeness (QED) is 0.543. The van der Waals surface area contributed by atoms with Crippen molar-refractivity contribution in [2.75, 3.05) is 5.32 Å². The van der Waals surface area contributed by atoms with Crippen molar-refractivity contribution in [2.24, 2.45) is 7.05 Å². The average Bonchev–Trinajstić information content (AvgIpc) is 3.27. The number of nitrogens with one attached hydrogen (secondary N) is 1. The number of carbonyl (C=O) groups excluding carboxylic acids is 1. The van der Waals surface area contributed by atoms with Gasteiger partial charge in [0, 0.05) is 24.5 Å². The minimum atomic E-state index is -0.389. The van der Waals surface area contributed by atoms with Crippen molar-refractivity contribution in [3.8, 4) is 0 Å². The van der Waals surface area contributed by atoms with E-state index >= 15 is 0 Å². The number of carbonyl (C=O) groups is 1. The molecule has 0 radical (unpaired) electrons. The zero-order valence-corrected chi connectivity index (χ0v) is 16.5. The Morgan fingerprint density at radius 2 is 2.10 bits per heavy atom. The van der Waals surface area contributed by atoms with Crippen molar-refractivity contribution in [3.05, 3.63) is 69.1 Å². The van der Waals surface area contributed by atoms with Gasteiger partial charge in [-0.05, 0) is 24.1 Å². The van der Waals surface area contributed by atoms with Gasteiger partial charge in [0.25, 0.3) is 5.56 Å². The first-order valence-electron chi connectivity index (χ1n) is 8.77. The first-order valence-corrected chi connectivity index (χ1v) is 9.59. The van der Waals surface area contributed by atoms with Crippen LogP contribution in [0.4, 0.5) is 9.52 Å². The number of rotatable bonds is 5. The summed E-state index contributed by atoms with van der Waals surface area (Å²) in [5, 5.41) is 7.45.